The van der Waals surface area contributed by atoms with E-state index in [2.05, 4.69) is 10.1 Å². The predicted octanol–water partition coefficient (Wildman–Crippen LogP) is 1.84. The van der Waals surface area contributed by atoms with Crippen molar-refractivity contribution in [1.29, 1.82) is 0 Å². The van der Waals surface area contributed by atoms with Crippen molar-refractivity contribution in [2.24, 2.45) is 0 Å². The van der Waals surface area contributed by atoms with Gasteiger partial charge in [0.25, 0.3) is 0 Å². The number of benzene rings is 1. The lowest BCUT2D eigenvalue weighted by molar-refractivity contribution is -0.116. The van der Waals surface area contributed by atoms with Crippen LogP contribution in [0, 0.1) is 0 Å². The molecule has 0 radical (unpaired) electrons. The average Bonchev–Trinajstić information content (AvgIpc) is 2.39. The molecule has 0 aromatic heterocycles. The fourth-order valence-corrected chi connectivity index (χ4v) is 1.41. The topological polar surface area (TPSA) is 64.6 Å². The lowest BCUT2D eigenvalue weighted by Gasteiger charge is -2.05. The minimum atomic E-state index is -0.395. The molecule has 0 unspecified atom stereocenters. The van der Waals surface area contributed by atoms with Crippen molar-refractivity contribution >= 4 is 17.6 Å². The van der Waals surface area contributed by atoms with Gasteiger partial charge < -0.3 is 14.8 Å². The second kappa shape index (κ2) is 7.45. The van der Waals surface area contributed by atoms with Gasteiger partial charge >= 0.3 is 5.97 Å². The second-order valence-corrected chi connectivity index (χ2v) is 3.71. The first kappa shape index (κ1) is 14.2. The van der Waals surface area contributed by atoms with Crippen molar-refractivity contribution in [3.8, 4) is 0 Å². The van der Waals surface area contributed by atoms with Gasteiger partial charge in [0, 0.05) is 25.8 Å². The average molecular weight is 251 g/mol. The van der Waals surface area contributed by atoms with E-state index in [9.17, 15) is 9.59 Å². The van der Waals surface area contributed by atoms with Gasteiger partial charge in [0.1, 0.15) is 0 Å². The van der Waals surface area contributed by atoms with Crippen LogP contribution in [0.5, 0.6) is 0 Å². The van der Waals surface area contributed by atoms with Gasteiger partial charge in [-0.2, -0.15) is 0 Å². The summed E-state index contributed by atoms with van der Waals surface area (Å²) in [6, 6.07) is 6.55. The molecule has 1 aromatic rings. The van der Waals surface area contributed by atoms with Crippen LogP contribution in [-0.4, -0.2) is 32.7 Å². The van der Waals surface area contributed by atoms with Crippen LogP contribution in [0.15, 0.2) is 24.3 Å². The largest absolute Gasteiger partial charge is 0.465 e. The van der Waals surface area contributed by atoms with Gasteiger partial charge in [-0.05, 0) is 30.7 Å². The summed E-state index contributed by atoms with van der Waals surface area (Å²) in [6.45, 7) is 0.564. The molecule has 0 heterocycles. The van der Waals surface area contributed by atoms with E-state index in [-0.39, 0.29) is 5.91 Å². The maximum absolute atomic E-state index is 11.5. The fourth-order valence-electron chi connectivity index (χ4n) is 1.41. The smallest absolute Gasteiger partial charge is 0.337 e. The number of rotatable bonds is 6. The van der Waals surface area contributed by atoms with Crippen LogP contribution in [-0.2, 0) is 14.3 Å². The van der Waals surface area contributed by atoms with E-state index in [1.165, 1.54) is 7.11 Å². The number of esters is 1. The number of nitrogens with one attached hydrogen (secondary N) is 1. The first-order valence-electron chi connectivity index (χ1n) is 5.64. The van der Waals surface area contributed by atoms with Crippen LogP contribution in [0.4, 0.5) is 5.69 Å². The van der Waals surface area contributed by atoms with Gasteiger partial charge in [-0.3, -0.25) is 4.79 Å². The Labute approximate surface area is 106 Å². The monoisotopic (exact) mass is 251 g/mol. The highest BCUT2D eigenvalue weighted by atomic mass is 16.5. The highest BCUT2D eigenvalue weighted by Crippen LogP contribution is 2.11. The van der Waals surface area contributed by atoms with E-state index in [4.69, 9.17) is 4.74 Å². The lowest BCUT2D eigenvalue weighted by atomic mass is 10.2. The fraction of sp³-hybridized carbons (Fsp3) is 0.385. The zero-order chi connectivity index (χ0) is 13.4. The van der Waals surface area contributed by atoms with Gasteiger partial charge in [0.2, 0.25) is 5.91 Å². The van der Waals surface area contributed by atoms with Crippen molar-refractivity contribution in [1.82, 2.24) is 0 Å². The maximum Gasteiger partial charge on any atom is 0.337 e. The number of hydrogen-bond donors (Lipinski definition) is 1. The van der Waals surface area contributed by atoms with Crippen LogP contribution in [0.3, 0.4) is 0 Å². The Bertz CT molecular complexity index is 400. The molecule has 0 fully saturated rings. The van der Waals surface area contributed by atoms with Crippen LogP contribution < -0.4 is 5.32 Å². The Morgan fingerprint density at radius 3 is 2.39 bits per heavy atom. The molecule has 1 aromatic carbocycles. The predicted molar refractivity (Wildman–Crippen MR) is 67.5 cm³/mol. The summed E-state index contributed by atoms with van der Waals surface area (Å²) in [5.74, 6) is -0.467. The van der Waals surface area contributed by atoms with E-state index in [0.29, 0.717) is 30.7 Å². The van der Waals surface area contributed by atoms with Crippen LogP contribution in [0.1, 0.15) is 23.2 Å². The highest BCUT2D eigenvalue weighted by molar-refractivity contribution is 5.92. The summed E-state index contributed by atoms with van der Waals surface area (Å²) >= 11 is 0. The minimum Gasteiger partial charge on any atom is -0.465 e. The second-order valence-electron chi connectivity index (χ2n) is 3.71. The van der Waals surface area contributed by atoms with Gasteiger partial charge in [0.15, 0.2) is 0 Å². The number of carbonyl (C=O) groups is 2. The number of ether oxygens (including phenoxy) is 2. The third-order valence-electron chi connectivity index (χ3n) is 2.34. The van der Waals surface area contributed by atoms with Crippen molar-refractivity contribution in [2.75, 3.05) is 26.1 Å². The zero-order valence-corrected chi connectivity index (χ0v) is 10.6. The standard InChI is InChI=1S/C13H17NO4/c1-17-9-3-4-12(15)14-11-7-5-10(6-8-11)13(16)18-2/h5-8H,3-4,9H2,1-2H3,(H,14,15). The van der Waals surface area contributed by atoms with Crippen LogP contribution in [0.2, 0.25) is 0 Å². The maximum atomic E-state index is 11.5. The van der Waals surface area contributed by atoms with Gasteiger partial charge in [0.05, 0.1) is 12.7 Å². The van der Waals surface area contributed by atoms with E-state index in [0.717, 1.165) is 0 Å². The van der Waals surface area contributed by atoms with Gasteiger partial charge in [-0.15, -0.1) is 0 Å². The molecule has 5 heteroatoms. The minimum absolute atomic E-state index is 0.0714. The van der Waals surface area contributed by atoms with Crippen LogP contribution >= 0.6 is 0 Å². The molecule has 0 aliphatic carbocycles. The normalized spacial score (nSPS) is 9.89. The third kappa shape index (κ3) is 4.55. The summed E-state index contributed by atoms with van der Waals surface area (Å²) < 4.78 is 9.45. The summed E-state index contributed by atoms with van der Waals surface area (Å²) in [5, 5.41) is 2.74. The highest BCUT2D eigenvalue weighted by Gasteiger charge is 2.06. The Morgan fingerprint density at radius 1 is 1.17 bits per heavy atom. The van der Waals surface area contributed by atoms with Gasteiger partial charge in [-0.1, -0.05) is 0 Å². The van der Waals surface area contributed by atoms with Gasteiger partial charge in [-0.25, -0.2) is 4.79 Å². The molecule has 0 spiro atoms. The molecule has 0 atom stereocenters. The number of carbonyl (C=O) groups excluding carboxylic acids is 2. The molecule has 0 aliphatic heterocycles. The Morgan fingerprint density at radius 2 is 1.83 bits per heavy atom. The first-order valence-corrected chi connectivity index (χ1v) is 5.64. The van der Waals surface area contributed by atoms with E-state index in [1.807, 2.05) is 0 Å². The molecule has 5 nitrogen and oxygen atoms in total. The Hall–Kier alpha value is -1.88. The van der Waals surface area contributed by atoms with E-state index in [1.54, 1.807) is 31.4 Å². The molecule has 1 rings (SSSR count). The number of methoxy groups -OCH3 is 2. The Kier molecular flexibility index (Phi) is 5.87. The van der Waals surface area contributed by atoms with Crippen molar-refractivity contribution < 1.29 is 19.1 Å². The molecular weight excluding hydrogens is 234 g/mol. The first-order chi connectivity index (χ1) is 8.67. The quantitative estimate of drug-likeness (QED) is 0.619. The molecule has 0 bridgehead atoms. The van der Waals surface area contributed by atoms with Crippen molar-refractivity contribution in [2.45, 2.75) is 12.8 Å². The molecule has 98 valence electrons. The summed E-state index contributed by atoms with van der Waals surface area (Å²) in [7, 11) is 2.93. The molecule has 0 saturated carbocycles. The number of hydrogen-bond acceptors (Lipinski definition) is 4. The molecule has 0 saturated heterocycles. The summed E-state index contributed by atoms with van der Waals surface area (Å²) in [6.07, 6.45) is 1.09. The Balaban J connectivity index is 2.48. The SMILES string of the molecule is COCCCC(=O)Nc1ccc(C(=O)OC)cc1. The summed E-state index contributed by atoms with van der Waals surface area (Å²) in [5.41, 5.74) is 1.11. The number of anilines is 1. The van der Waals surface area contributed by atoms with E-state index >= 15 is 0 Å². The third-order valence-corrected chi connectivity index (χ3v) is 2.34. The van der Waals surface area contributed by atoms with Crippen molar-refractivity contribution in [3.63, 3.8) is 0 Å². The molecule has 18 heavy (non-hydrogen) atoms. The zero-order valence-electron chi connectivity index (χ0n) is 10.6. The molecule has 1 N–H and O–H groups in total. The molecule has 1 amide bonds. The van der Waals surface area contributed by atoms with E-state index < -0.39 is 5.97 Å². The number of amides is 1. The van der Waals surface area contributed by atoms with Crippen LogP contribution in [0.25, 0.3) is 0 Å². The molecule has 0 aliphatic rings. The summed E-state index contributed by atoms with van der Waals surface area (Å²) in [4.78, 5) is 22.7. The molecular formula is C13H17NO4. The lowest BCUT2D eigenvalue weighted by Crippen LogP contribution is -2.12. The van der Waals surface area contributed by atoms with Crippen molar-refractivity contribution in [3.05, 3.63) is 29.8 Å².